The van der Waals surface area contributed by atoms with Crippen LogP contribution in [0.25, 0.3) is 0 Å². The highest BCUT2D eigenvalue weighted by atomic mass is 19.4. The van der Waals surface area contributed by atoms with Crippen LogP contribution in [0.15, 0.2) is 72.3 Å². The van der Waals surface area contributed by atoms with E-state index >= 15 is 0 Å². The van der Waals surface area contributed by atoms with Crippen molar-refractivity contribution in [3.05, 3.63) is 83.6 Å². The number of Topliss-reactive ketones (excluding diaryl/α,β-unsaturated/α-hetero) is 1. The SMILES string of the molecule is CNC/C=C(\Nc1ccccc1)C(=N)C(=O)/C(=C\Nc1ccc(C(F)(F)F)cc1F)OC. The van der Waals surface area contributed by atoms with Gasteiger partial charge in [-0.25, -0.2) is 4.39 Å². The minimum Gasteiger partial charge on any atom is -0.491 e. The Labute approximate surface area is 182 Å². The van der Waals surface area contributed by atoms with Crippen molar-refractivity contribution in [2.75, 3.05) is 31.3 Å². The van der Waals surface area contributed by atoms with E-state index in [0.717, 1.165) is 12.3 Å². The first kappa shape index (κ1) is 24.6. The molecule has 4 N–H and O–H groups in total. The van der Waals surface area contributed by atoms with E-state index in [1.54, 1.807) is 37.4 Å². The molecule has 0 aromatic heterocycles. The number of ketones is 1. The molecule has 0 saturated carbocycles. The average Bonchev–Trinajstić information content (AvgIpc) is 2.77. The number of anilines is 2. The van der Waals surface area contributed by atoms with Crippen LogP contribution in [0.2, 0.25) is 0 Å². The first-order valence-corrected chi connectivity index (χ1v) is 9.35. The number of benzene rings is 2. The number of ether oxygens (including phenoxy) is 1. The van der Waals surface area contributed by atoms with Gasteiger partial charge in [-0.05, 0) is 43.5 Å². The fourth-order valence-corrected chi connectivity index (χ4v) is 2.51. The molecule has 0 saturated heterocycles. The fourth-order valence-electron chi connectivity index (χ4n) is 2.51. The Balaban J connectivity index is 2.22. The Kier molecular flexibility index (Phi) is 8.54. The van der Waals surface area contributed by atoms with Gasteiger partial charge in [0.15, 0.2) is 5.76 Å². The van der Waals surface area contributed by atoms with Gasteiger partial charge in [-0.3, -0.25) is 10.2 Å². The molecule has 0 heterocycles. The zero-order chi connectivity index (χ0) is 23.7. The van der Waals surface area contributed by atoms with E-state index in [-0.39, 0.29) is 17.1 Å². The lowest BCUT2D eigenvalue weighted by molar-refractivity contribution is -0.137. The third-order valence-corrected chi connectivity index (χ3v) is 4.16. The lowest BCUT2D eigenvalue weighted by atomic mass is 10.1. The molecule has 0 atom stereocenters. The van der Waals surface area contributed by atoms with Crippen molar-refractivity contribution < 1.29 is 27.1 Å². The number of hydrogen-bond acceptors (Lipinski definition) is 6. The molecule has 2 aromatic carbocycles. The smallest absolute Gasteiger partial charge is 0.416 e. The van der Waals surface area contributed by atoms with Gasteiger partial charge in [0.05, 0.1) is 24.1 Å². The van der Waals surface area contributed by atoms with E-state index in [4.69, 9.17) is 10.1 Å². The van der Waals surface area contributed by atoms with Crippen LogP contribution in [-0.2, 0) is 15.7 Å². The number of rotatable bonds is 10. The summed E-state index contributed by atoms with van der Waals surface area (Å²) in [6.45, 7) is 0.367. The fraction of sp³-hybridized carbons (Fsp3) is 0.182. The molecule has 0 radical (unpaired) electrons. The number of nitrogens with one attached hydrogen (secondary N) is 4. The van der Waals surface area contributed by atoms with E-state index in [9.17, 15) is 22.4 Å². The van der Waals surface area contributed by atoms with Crippen LogP contribution < -0.4 is 16.0 Å². The predicted octanol–water partition coefficient (Wildman–Crippen LogP) is 4.55. The van der Waals surface area contributed by atoms with Crippen LogP contribution in [0.4, 0.5) is 28.9 Å². The van der Waals surface area contributed by atoms with Crippen LogP contribution in [0, 0.1) is 11.2 Å². The maximum atomic E-state index is 14.0. The summed E-state index contributed by atoms with van der Waals surface area (Å²) >= 11 is 0. The number of halogens is 4. The minimum absolute atomic E-state index is 0.208. The van der Waals surface area contributed by atoms with E-state index < -0.39 is 29.1 Å². The molecule has 2 rings (SSSR count). The Hall–Kier alpha value is -3.66. The largest absolute Gasteiger partial charge is 0.491 e. The van der Waals surface area contributed by atoms with Crippen LogP contribution in [0.5, 0.6) is 0 Å². The highest BCUT2D eigenvalue weighted by Gasteiger charge is 2.31. The van der Waals surface area contributed by atoms with Gasteiger partial charge in [0.1, 0.15) is 11.5 Å². The first-order valence-electron chi connectivity index (χ1n) is 9.35. The number of hydrogen-bond donors (Lipinski definition) is 4. The Morgan fingerprint density at radius 1 is 1.16 bits per heavy atom. The molecule has 2 aromatic rings. The molecular weight excluding hydrogens is 428 g/mol. The standard InChI is InChI=1S/C22H22F4N4O2/c1-28-11-10-18(30-15-6-4-3-5-7-15)20(27)21(31)19(32-2)13-29-17-9-8-14(12-16(17)23)22(24,25)26/h3-10,12-13,27-30H,11H2,1-2H3/b18-10-,19-13+,27-20?. The van der Waals surface area contributed by atoms with Crippen molar-refractivity contribution in [3.63, 3.8) is 0 Å². The molecule has 0 aliphatic heterocycles. The number of carbonyl (C=O) groups excluding carboxylic acids is 1. The molecule has 0 amide bonds. The van der Waals surface area contributed by atoms with Crippen LogP contribution >= 0.6 is 0 Å². The summed E-state index contributed by atoms with van der Waals surface area (Å²) in [5.74, 6) is -2.31. The van der Waals surface area contributed by atoms with Gasteiger partial charge in [-0.1, -0.05) is 18.2 Å². The first-order chi connectivity index (χ1) is 15.2. The Morgan fingerprint density at radius 2 is 1.84 bits per heavy atom. The average molecular weight is 450 g/mol. The van der Waals surface area contributed by atoms with E-state index in [1.807, 2.05) is 6.07 Å². The molecule has 6 nitrogen and oxygen atoms in total. The van der Waals surface area contributed by atoms with Crippen molar-refractivity contribution in [2.45, 2.75) is 6.18 Å². The maximum Gasteiger partial charge on any atom is 0.416 e. The van der Waals surface area contributed by atoms with Crippen LogP contribution in [0.1, 0.15) is 5.56 Å². The molecular formula is C22H22F4N4O2. The Bertz CT molecular complexity index is 1020. The normalized spacial score (nSPS) is 12.3. The second kappa shape index (κ2) is 11.1. The topological polar surface area (TPSA) is 86.2 Å². The number of methoxy groups -OCH3 is 1. The van der Waals surface area contributed by atoms with Gasteiger partial charge in [0, 0.05) is 18.4 Å². The molecule has 0 bridgehead atoms. The van der Waals surface area contributed by atoms with E-state index in [0.29, 0.717) is 24.4 Å². The van der Waals surface area contributed by atoms with Gasteiger partial charge >= 0.3 is 6.18 Å². The van der Waals surface area contributed by atoms with Gasteiger partial charge in [-0.2, -0.15) is 13.2 Å². The maximum absolute atomic E-state index is 14.0. The summed E-state index contributed by atoms with van der Waals surface area (Å²) in [6, 6.07) is 10.8. The van der Waals surface area contributed by atoms with Crippen molar-refractivity contribution in [2.24, 2.45) is 0 Å². The summed E-state index contributed by atoms with van der Waals surface area (Å²) in [6.07, 6.45) is -2.09. The van der Waals surface area contributed by atoms with Gasteiger partial charge in [0.2, 0.25) is 5.78 Å². The molecule has 0 fully saturated rings. The summed E-state index contributed by atoms with van der Waals surface area (Å²) in [5, 5.41) is 16.6. The number of allylic oxidation sites excluding steroid dienone is 2. The predicted molar refractivity (Wildman–Crippen MR) is 115 cm³/mol. The second-order valence-corrected chi connectivity index (χ2v) is 6.42. The number of alkyl halides is 3. The van der Waals surface area contributed by atoms with Crippen molar-refractivity contribution in [1.29, 1.82) is 5.41 Å². The van der Waals surface area contributed by atoms with Crippen molar-refractivity contribution >= 4 is 22.9 Å². The highest BCUT2D eigenvalue weighted by molar-refractivity contribution is 6.50. The van der Waals surface area contributed by atoms with Crippen LogP contribution in [-0.4, -0.2) is 32.2 Å². The van der Waals surface area contributed by atoms with E-state index in [2.05, 4.69) is 16.0 Å². The monoisotopic (exact) mass is 450 g/mol. The van der Waals surface area contributed by atoms with Crippen molar-refractivity contribution in [3.8, 4) is 0 Å². The van der Waals surface area contributed by atoms with E-state index in [1.165, 1.54) is 7.11 Å². The Morgan fingerprint density at radius 3 is 2.41 bits per heavy atom. The molecule has 0 unspecified atom stereocenters. The third kappa shape index (κ3) is 6.67. The lowest BCUT2D eigenvalue weighted by Gasteiger charge is -2.14. The minimum atomic E-state index is -4.68. The van der Waals surface area contributed by atoms with Gasteiger partial charge in [-0.15, -0.1) is 0 Å². The number of carbonyl (C=O) groups is 1. The summed E-state index contributed by atoms with van der Waals surface area (Å²) < 4.78 is 57.1. The van der Waals surface area contributed by atoms with Crippen LogP contribution in [0.3, 0.4) is 0 Å². The summed E-state index contributed by atoms with van der Waals surface area (Å²) in [5.41, 5.74) is -0.993. The molecule has 32 heavy (non-hydrogen) atoms. The highest BCUT2D eigenvalue weighted by Crippen LogP contribution is 2.31. The van der Waals surface area contributed by atoms with Crippen molar-refractivity contribution in [1.82, 2.24) is 5.32 Å². The molecule has 10 heteroatoms. The zero-order valence-electron chi connectivity index (χ0n) is 17.3. The van der Waals surface area contributed by atoms with Gasteiger partial charge < -0.3 is 20.7 Å². The molecule has 0 aliphatic carbocycles. The third-order valence-electron chi connectivity index (χ3n) is 4.16. The molecule has 0 spiro atoms. The quantitative estimate of drug-likeness (QED) is 0.185. The summed E-state index contributed by atoms with van der Waals surface area (Å²) in [4.78, 5) is 12.8. The lowest BCUT2D eigenvalue weighted by Crippen LogP contribution is -2.24. The molecule has 170 valence electrons. The summed E-state index contributed by atoms with van der Waals surface area (Å²) in [7, 11) is 2.88. The van der Waals surface area contributed by atoms with Gasteiger partial charge in [0.25, 0.3) is 0 Å². The molecule has 0 aliphatic rings. The zero-order valence-corrected chi connectivity index (χ0v) is 17.3. The number of likely N-dealkylation sites (N-methyl/N-ethyl adjacent to an activating group) is 1. The second-order valence-electron chi connectivity index (χ2n) is 6.42. The number of para-hydroxylation sites is 1.